The molecule has 2 aromatic heterocycles. The highest BCUT2D eigenvalue weighted by atomic mass is 32.2. The Bertz CT molecular complexity index is 1190. The lowest BCUT2D eigenvalue weighted by atomic mass is 10.2. The van der Waals surface area contributed by atoms with Gasteiger partial charge in [-0.15, -0.1) is 10.2 Å². The van der Waals surface area contributed by atoms with Crippen molar-refractivity contribution in [3.05, 3.63) is 65.7 Å². The number of nitrogens with two attached hydrogens (primary N) is 1. The lowest BCUT2D eigenvalue weighted by Gasteiger charge is -2.10. The number of nitrogens with one attached hydrogen (secondary N) is 2. The summed E-state index contributed by atoms with van der Waals surface area (Å²) in [4.78, 5) is 12.8. The molecule has 0 saturated carbocycles. The number of para-hydroxylation sites is 2. The van der Waals surface area contributed by atoms with Gasteiger partial charge in [-0.1, -0.05) is 47.4 Å². The van der Waals surface area contributed by atoms with Crippen molar-refractivity contribution in [2.45, 2.75) is 16.6 Å². The highest BCUT2D eigenvalue weighted by molar-refractivity contribution is 8.00. The number of nitrogens with zero attached hydrogens (tertiary/aromatic N) is 5. The standard InChI is InChI=1S/C20H19FN8OS2/c1-30-15-5-3-2-4-14(15)24-18-26-16(25-17(22)27-18)11-31-20-29-28-19(32-20)23-10-12-6-8-13(21)9-7-12/h2-9H,10-11H2,1H3,(H,23,28)(H3,22,24,25,26,27). The molecule has 0 spiro atoms. The van der Waals surface area contributed by atoms with Gasteiger partial charge in [-0.05, 0) is 29.8 Å². The number of halogens is 1. The lowest BCUT2D eigenvalue weighted by Crippen LogP contribution is -2.07. The van der Waals surface area contributed by atoms with Gasteiger partial charge in [-0.3, -0.25) is 0 Å². The van der Waals surface area contributed by atoms with Crippen molar-refractivity contribution in [1.29, 1.82) is 0 Å². The van der Waals surface area contributed by atoms with Gasteiger partial charge >= 0.3 is 0 Å². The van der Waals surface area contributed by atoms with Gasteiger partial charge in [-0.2, -0.15) is 15.0 Å². The van der Waals surface area contributed by atoms with Crippen LogP contribution in [0, 0.1) is 5.82 Å². The maximum absolute atomic E-state index is 13.0. The number of aromatic nitrogens is 5. The Morgan fingerprint density at radius 3 is 2.69 bits per heavy atom. The third-order valence-corrected chi connectivity index (χ3v) is 6.15. The van der Waals surface area contributed by atoms with Gasteiger partial charge in [0.1, 0.15) is 17.4 Å². The van der Waals surface area contributed by atoms with Gasteiger partial charge in [0.05, 0.1) is 18.6 Å². The van der Waals surface area contributed by atoms with Crippen molar-refractivity contribution in [2.24, 2.45) is 0 Å². The fraction of sp³-hybridized carbons (Fsp3) is 0.150. The zero-order valence-corrected chi connectivity index (χ0v) is 18.6. The number of hydrogen-bond donors (Lipinski definition) is 3. The molecular formula is C20H19FN8OS2. The monoisotopic (exact) mass is 470 g/mol. The summed E-state index contributed by atoms with van der Waals surface area (Å²) in [5.74, 6) is 1.81. The van der Waals surface area contributed by atoms with E-state index in [1.807, 2.05) is 24.3 Å². The van der Waals surface area contributed by atoms with Crippen LogP contribution in [0.3, 0.4) is 0 Å². The summed E-state index contributed by atoms with van der Waals surface area (Å²) < 4.78 is 19.1. The molecule has 0 amide bonds. The number of benzene rings is 2. The normalized spacial score (nSPS) is 10.7. The largest absolute Gasteiger partial charge is 0.495 e. The van der Waals surface area contributed by atoms with Crippen LogP contribution in [0.5, 0.6) is 5.75 Å². The van der Waals surface area contributed by atoms with Crippen LogP contribution in [-0.4, -0.2) is 32.3 Å². The molecule has 164 valence electrons. The minimum Gasteiger partial charge on any atom is -0.495 e. The van der Waals surface area contributed by atoms with Crippen LogP contribution in [0.1, 0.15) is 11.4 Å². The molecule has 0 aliphatic rings. The molecule has 2 aromatic carbocycles. The fourth-order valence-electron chi connectivity index (χ4n) is 2.67. The molecule has 0 radical (unpaired) electrons. The molecular weight excluding hydrogens is 451 g/mol. The van der Waals surface area contributed by atoms with Crippen LogP contribution in [0.4, 0.5) is 27.1 Å². The summed E-state index contributed by atoms with van der Waals surface area (Å²) in [6.45, 7) is 0.529. The predicted octanol–water partition coefficient (Wildman–Crippen LogP) is 4.10. The summed E-state index contributed by atoms with van der Waals surface area (Å²) in [6, 6.07) is 13.7. The van der Waals surface area contributed by atoms with E-state index in [2.05, 4.69) is 35.8 Å². The summed E-state index contributed by atoms with van der Waals surface area (Å²) in [5.41, 5.74) is 7.53. The minimum absolute atomic E-state index is 0.118. The van der Waals surface area contributed by atoms with E-state index in [1.165, 1.54) is 35.2 Å². The van der Waals surface area contributed by atoms with E-state index < -0.39 is 0 Å². The molecule has 0 aliphatic carbocycles. The predicted molar refractivity (Wildman–Crippen MR) is 124 cm³/mol. The molecule has 0 fully saturated rings. The highest BCUT2D eigenvalue weighted by Gasteiger charge is 2.10. The van der Waals surface area contributed by atoms with E-state index >= 15 is 0 Å². The molecule has 2 heterocycles. The second kappa shape index (κ2) is 10.2. The number of ether oxygens (including phenoxy) is 1. The third-order valence-electron chi connectivity index (χ3n) is 4.14. The van der Waals surface area contributed by atoms with Crippen LogP contribution in [0.15, 0.2) is 52.9 Å². The summed E-state index contributed by atoms with van der Waals surface area (Å²) in [6.07, 6.45) is 0. The average Bonchev–Trinajstić information content (AvgIpc) is 3.25. The van der Waals surface area contributed by atoms with Crippen LogP contribution in [0.25, 0.3) is 0 Å². The third kappa shape index (κ3) is 5.80. The topological polar surface area (TPSA) is 124 Å². The second-order valence-electron chi connectivity index (χ2n) is 6.40. The smallest absolute Gasteiger partial charge is 0.232 e. The quantitative estimate of drug-likeness (QED) is 0.308. The van der Waals surface area contributed by atoms with Gasteiger partial charge in [0.2, 0.25) is 17.0 Å². The van der Waals surface area contributed by atoms with Gasteiger partial charge < -0.3 is 21.1 Å². The number of rotatable bonds is 9. The number of hydrogen-bond acceptors (Lipinski definition) is 11. The SMILES string of the molecule is COc1ccccc1Nc1nc(N)nc(CSc2nnc(NCc3ccc(F)cc3)s2)n1. The number of nitrogen functional groups attached to an aromatic ring is 1. The lowest BCUT2D eigenvalue weighted by molar-refractivity contribution is 0.417. The van der Waals surface area contributed by atoms with Crippen LogP contribution in [0.2, 0.25) is 0 Å². The zero-order valence-electron chi connectivity index (χ0n) is 16.9. The Kier molecular flexibility index (Phi) is 6.92. The van der Waals surface area contributed by atoms with E-state index in [0.717, 1.165) is 15.6 Å². The maximum Gasteiger partial charge on any atom is 0.232 e. The molecule has 0 bridgehead atoms. The molecule has 0 aliphatic heterocycles. The van der Waals surface area contributed by atoms with E-state index in [1.54, 1.807) is 19.2 Å². The Morgan fingerprint density at radius 2 is 1.88 bits per heavy atom. The molecule has 4 rings (SSSR count). The Morgan fingerprint density at radius 1 is 1.06 bits per heavy atom. The van der Waals surface area contributed by atoms with E-state index in [-0.39, 0.29) is 11.8 Å². The second-order valence-corrected chi connectivity index (χ2v) is 8.60. The van der Waals surface area contributed by atoms with Crippen molar-refractivity contribution in [3.8, 4) is 5.75 Å². The van der Waals surface area contributed by atoms with Crippen molar-refractivity contribution in [2.75, 3.05) is 23.5 Å². The summed E-state index contributed by atoms with van der Waals surface area (Å²) >= 11 is 2.86. The van der Waals surface area contributed by atoms with Crippen molar-refractivity contribution < 1.29 is 9.13 Å². The van der Waals surface area contributed by atoms with Crippen LogP contribution in [-0.2, 0) is 12.3 Å². The molecule has 9 nitrogen and oxygen atoms in total. The summed E-state index contributed by atoms with van der Waals surface area (Å²) in [7, 11) is 1.59. The fourth-order valence-corrected chi connectivity index (χ4v) is 4.28. The zero-order chi connectivity index (χ0) is 22.3. The van der Waals surface area contributed by atoms with Gasteiger partial charge in [0, 0.05) is 6.54 Å². The molecule has 0 saturated heterocycles. The number of thioether (sulfide) groups is 1. The van der Waals surface area contributed by atoms with E-state index in [0.29, 0.717) is 35.0 Å². The van der Waals surface area contributed by atoms with Crippen LogP contribution < -0.4 is 21.1 Å². The van der Waals surface area contributed by atoms with E-state index in [4.69, 9.17) is 10.5 Å². The molecule has 4 aromatic rings. The molecule has 4 N–H and O–H groups in total. The first kappa shape index (κ1) is 21.7. The van der Waals surface area contributed by atoms with Crippen molar-refractivity contribution >= 4 is 45.8 Å². The summed E-state index contributed by atoms with van der Waals surface area (Å²) in [5, 5.41) is 15.3. The van der Waals surface area contributed by atoms with Crippen molar-refractivity contribution in [1.82, 2.24) is 25.1 Å². The maximum atomic E-state index is 13.0. The number of methoxy groups -OCH3 is 1. The number of anilines is 4. The van der Waals surface area contributed by atoms with Crippen LogP contribution >= 0.6 is 23.1 Å². The highest BCUT2D eigenvalue weighted by Crippen LogP contribution is 2.29. The Labute approximate surface area is 191 Å². The molecule has 0 unspecified atom stereocenters. The average molecular weight is 471 g/mol. The van der Waals surface area contributed by atoms with Crippen molar-refractivity contribution in [3.63, 3.8) is 0 Å². The van der Waals surface area contributed by atoms with Gasteiger partial charge in [-0.25, -0.2) is 4.39 Å². The van der Waals surface area contributed by atoms with Gasteiger partial charge in [0.15, 0.2) is 4.34 Å². The van der Waals surface area contributed by atoms with E-state index in [9.17, 15) is 4.39 Å². The first-order valence-electron chi connectivity index (χ1n) is 9.44. The Balaban J connectivity index is 1.36. The van der Waals surface area contributed by atoms with Gasteiger partial charge in [0.25, 0.3) is 0 Å². The molecule has 12 heteroatoms. The first-order valence-corrected chi connectivity index (χ1v) is 11.2. The Hall–Kier alpha value is -3.51. The first-order chi connectivity index (χ1) is 15.6. The minimum atomic E-state index is -0.261. The molecule has 0 atom stereocenters. The molecule has 32 heavy (non-hydrogen) atoms.